The van der Waals surface area contributed by atoms with Gasteiger partial charge in [0.2, 0.25) is 5.91 Å². The second-order valence-corrected chi connectivity index (χ2v) is 7.77. The number of aromatic nitrogens is 1. The molecule has 138 valence electrons. The Labute approximate surface area is 165 Å². The van der Waals surface area contributed by atoms with Crippen LogP contribution < -0.4 is 10.2 Å². The molecule has 0 aliphatic carbocycles. The molecule has 2 aromatic heterocycles. The number of rotatable bonds is 6. The summed E-state index contributed by atoms with van der Waals surface area (Å²) in [5, 5.41) is 6.55. The van der Waals surface area contributed by atoms with Gasteiger partial charge in [-0.15, -0.1) is 0 Å². The van der Waals surface area contributed by atoms with Gasteiger partial charge in [-0.25, -0.2) is 4.98 Å². The fourth-order valence-electron chi connectivity index (χ4n) is 2.84. The van der Waals surface area contributed by atoms with Crippen molar-refractivity contribution in [1.82, 2.24) is 15.2 Å². The maximum absolute atomic E-state index is 12.3. The zero-order valence-electron chi connectivity index (χ0n) is 14.4. The van der Waals surface area contributed by atoms with E-state index in [1.807, 2.05) is 27.8 Å². The lowest BCUT2D eigenvalue weighted by molar-refractivity contribution is -0.131. The van der Waals surface area contributed by atoms with E-state index in [0.29, 0.717) is 38.0 Å². The lowest BCUT2D eigenvalue weighted by atomic mass is 10.2. The predicted octanol–water partition coefficient (Wildman–Crippen LogP) is 2.76. The van der Waals surface area contributed by atoms with Crippen LogP contribution in [0.15, 0.2) is 39.6 Å². The normalized spacial score (nSPS) is 14.3. The molecule has 1 N–H and O–H groups in total. The Kier molecular flexibility index (Phi) is 6.62. The first-order valence-corrected chi connectivity index (χ1v) is 10.3. The van der Waals surface area contributed by atoms with E-state index < -0.39 is 0 Å². The highest BCUT2D eigenvalue weighted by Crippen LogP contribution is 2.17. The Bertz CT molecular complexity index is 728. The van der Waals surface area contributed by atoms with Gasteiger partial charge in [0.15, 0.2) is 0 Å². The summed E-state index contributed by atoms with van der Waals surface area (Å²) in [6.07, 6.45) is 2.90. The number of nitrogens with zero attached hydrogens (tertiary/aromatic N) is 3. The first-order chi connectivity index (χ1) is 12.6. The quantitative estimate of drug-likeness (QED) is 0.706. The van der Waals surface area contributed by atoms with E-state index in [2.05, 4.69) is 31.1 Å². The van der Waals surface area contributed by atoms with Crippen molar-refractivity contribution >= 4 is 44.9 Å². The molecular weight excluding hydrogens is 416 g/mol. The fraction of sp³-hybridized carbons (Fsp3) is 0.389. The number of halogens is 1. The zero-order valence-corrected chi connectivity index (χ0v) is 16.8. The molecule has 3 heterocycles. The van der Waals surface area contributed by atoms with Crippen molar-refractivity contribution in [2.45, 2.75) is 12.8 Å². The Hall–Kier alpha value is -1.93. The number of thiophene rings is 1. The number of nitrogens with one attached hydrogen (secondary N) is 1. The van der Waals surface area contributed by atoms with Crippen LogP contribution in [0.1, 0.15) is 23.2 Å². The molecule has 0 spiro atoms. The van der Waals surface area contributed by atoms with E-state index >= 15 is 0 Å². The topological polar surface area (TPSA) is 65.5 Å². The summed E-state index contributed by atoms with van der Waals surface area (Å²) in [5.41, 5.74) is 0.680. The Morgan fingerprint density at radius 3 is 2.65 bits per heavy atom. The highest BCUT2D eigenvalue weighted by molar-refractivity contribution is 9.10. The van der Waals surface area contributed by atoms with Crippen LogP contribution in [-0.2, 0) is 4.79 Å². The molecule has 0 bridgehead atoms. The first kappa shape index (κ1) is 18.8. The molecule has 2 aromatic rings. The Balaban J connectivity index is 1.36. The van der Waals surface area contributed by atoms with Crippen LogP contribution in [0.2, 0.25) is 0 Å². The SMILES string of the molecule is O=C(NCCCC(=O)N1CCN(c2ccc(Br)cn2)CC1)c1ccsc1. The van der Waals surface area contributed by atoms with Gasteiger partial charge in [-0.2, -0.15) is 11.3 Å². The van der Waals surface area contributed by atoms with Crippen molar-refractivity contribution in [2.75, 3.05) is 37.6 Å². The minimum Gasteiger partial charge on any atom is -0.353 e. The van der Waals surface area contributed by atoms with E-state index in [4.69, 9.17) is 0 Å². The predicted molar refractivity (Wildman–Crippen MR) is 107 cm³/mol. The second kappa shape index (κ2) is 9.14. The van der Waals surface area contributed by atoms with E-state index in [1.54, 1.807) is 12.3 Å². The van der Waals surface area contributed by atoms with Crippen molar-refractivity contribution in [3.05, 3.63) is 45.2 Å². The lowest BCUT2D eigenvalue weighted by Gasteiger charge is -2.35. The van der Waals surface area contributed by atoms with Crippen LogP contribution in [0, 0.1) is 0 Å². The molecule has 2 amide bonds. The third kappa shape index (κ3) is 5.04. The Morgan fingerprint density at radius 1 is 1.19 bits per heavy atom. The van der Waals surface area contributed by atoms with Crippen molar-refractivity contribution in [1.29, 1.82) is 0 Å². The summed E-state index contributed by atoms with van der Waals surface area (Å²) in [5.74, 6) is 1.02. The third-order valence-corrected chi connectivity index (χ3v) is 5.46. The number of amides is 2. The summed E-state index contributed by atoms with van der Waals surface area (Å²) in [4.78, 5) is 32.7. The third-order valence-electron chi connectivity index (χ3n) is 4.30. The molecule has 0 saturated carbocycles. The average molecular weight is 437 g/mol. The number of anilines is 1. The van der Waals surface area contributed by atoms with Crippen LogP contribution in [0.4, 0.5) is 5.82 Å². The van der Waals surface area contributed by atoms with Gasteiger partial charge in [-0.1, -0.05) is 0 Å². The minimum atomic E-state index is -0.0747. The number of piperazine rings is 1. The first-order valence-electron chi connectivity index (χ1n) is 8.58. The van der Waals surface area contributed by atoms with Crippen molar-refractivity contribution in [3.8, 4) is 0 Å². The van der Waals surface area contributed by atoms with Crippen LogP contribution in [0.5, 0.6) is 0 Å². The maximum Gasteiger partial charge on any atom is 0.252 e. The summed E-state index contributed by atoms with van der Waals surface area (Å²) in [7, 11) is 0. The van der Waals surface area contributed by atoms with Gasteiger partial charge in [0.05, 0.1) is 0 Å². The zero-order chi connectivity index (χ0) is 18.4. The monoisotopic (exact) mass is 436 g/mol. The standard InChI is InChI=1S/C18H21BrN4O2S/c19-15-3-4-16(21-12-15)22-7-9-23(10-8-22)17(24)2-1-6-20-18(25)14-5-11-26-13-14/h3-5,11-13H,1-2,6-10H2,(H,20,25). The number of carbonyl (C=O) groups is 2. The van der Waals surface area contributed by atoms with Crippen LogP contribution in [0.25, 0.3) is 0 Å². The van der Waals surface area contributed by atoms with Crippen LogP contribution >= 0.6 is 27.3 Å². The van der Waals surface area contributed by atoms with Gasteiger partial charge >= 0.3 is 0 Å². The highest BCUT2D eigenvalue weighted by atomic mass is 79.9. The van der Waals surface area contributed by atoms with Gasteiger partial charge < -0.3 is 15.1 Å². The molecule has 0 aromatic carbocycles. The highest BCUT2D eigenvalue weighted by Gasteiger charge is 2.21. The molecule has 0 unspecified atom stereocenters. The molecular formula is C18H21BrN4O2S. The maximum atomic E-state index is 12.3. The van der Waals surface area contributed by atoms with Crippen molar-refractivity contribution in [3.63, 3.8) is 0 Å². The van der Waals surface area contributed by atoms with E-state index in [9.17, 15) is 9.59 Å². The van der Waals surface area contributed by atoms with E-state index in [-0.39, 0.29) is 11.8 Å². The largest absolute Gasteiger partial charge is 0.353 e. The van der Waals surface area contributed by atoms with Gasteiger partial charge in [0.1, 0.15) is 5.82 Å². The van der Waals surface area contributed by atoms with E-state index in [0.717, 1.165) is 23.4 Å². The molecule has 0 atom stereocenters. The number of hydrogen-bond acceptors (Lipinski definition) is 5. The Morgan fingerprint density at radius 2 is 2.00 bits per heavy atom. The lowest BCUT2D eigenvalue weighted by Crippen LogP contribution is -2.49. The molecule has 26 heavy (non-hydrogen) atoms. The van der Waals surface area contributed by atoms with Gasteiger partial charge in [0.25, 0.3) is 5.91 Å². The number of pyridine rings is 1. The summed E-state index contributed by atoms with van der Waals surface area (Å²) >= 11 is 4.89. The number of carbonyl (C=O) groups excluding carboxylic acids is 2. The molecule has 8 heteroatoms. The van der Waals surface area contributed by atoms with E-state index in [1.165, 1.54) is 11.3 Å². The van der Waals surface area contributed by atoms with Crippen molar-refractivity contribution < 1.29 is 9.59 Å². The molecule has 0 radical (unpaired) electrons. The molecule has 1 saturated heterocycles. The van der Waals surface area contributed by atoms with Crippen LogP contribution in [0.3, 0.4) is 0 Å². The molecule has 1 fully saturated rings. The molecule has 1 aliphatic rings. The van der Waals surface area contributed by atoms with Crippen LogP contribution in [-0.4, -0.2) is 54.4 Å². The second-order valence-electron chi connectivity index (χ2n) is 6.07. The van der Waals surface area contributed by atoms with Crippen molar-refractivity contribution in [2.24, 2.45) is 0 Å². The average Bonchev–Trinajstić information content (AvgIpc) is 3.20. The molecule has 6 nitrogen and oxygen atoms in total. The van der Waals surface area contributed by atoms with Gasteiger partial charge in [-0.3, -0.25) is 9.59 Å². The van der Waals surface area contributed by atoms with Gasteiger partial charge in [0, 0.05) is 60.8 Å². The summed E-state index contributed by atoms with van der Waals surface area (Å²) in [6, 6.07) is 5.76. The smallest absolute Gasteiger partial charge is 0.252 e. The fourth-order valence-corrected chi connectivity index (χ4v) is 3.71. The summed E-state index contributed by atoms with van der Waals surface area (Å²) < 4.78 is 0.959. The summed E-state index contributed by atoms with van der Waals surface area (Å²) in [6.45, 7) is 3.50. The minimum absolute atomic E-state index is 0.0747. The molecule has 3 rings (SSSR count). The molecule has 1 aliphatic heterocycles. The number of hydrogen-bond donors (Lipinski definition) is 1. The van der Waals surface area contributed by atoms with Gasteiger partial charge in [-0.05, 0) is 45.9 Å².